The summed E-state index contributed by atoms with van der Waals surface area (Å²) >= 11 is 5.95. The van der Waals surface area contributed by atoms with Crippen LogP contribution in [0, 0.1) is 0 Å². The van der Waals surface area contributed by atoms with Gasteiger partial charge in [0, 0.05) is 54.3 Å². The summed E-state index contributed by atoms with van der Waals surface area (Å²) in [5.74, 6) is 0.376. The number of nitrogens with one attached hydrogen (secondary N) is 1. The molecule has 0 fully saturated rings. The highest BCUT2D eigenvalue weighted by atomic mass is 35.5. The van der Waals surface area contributed by atoms with Gasteiger partial charge in [-0.25, -0.2) is 8.42 Å². The van der Waals surface area contributed by atoms with Gasteiger partial charge in [-0.2, -0.15) is 5.10 Å². The number of benzene rings is 3. The van der Waals surface area contributed by atoms with Gasteiger partial charge in [0.15, 0.2) is 0 Å². The minimum atomic E-state index is -3.83. The van der Waals surface area contributed by atoms with Gasteiger partial charge in [0.1, 0.15) is 5.82 Å². The number of hydrogen-bond donors (Lipinski definition) is 1. The van der Waals surface area contributed by atoms with Crippen molar-refractivity contribution in [1.82, 2.24) is 9.78 Å². The maximum absolute atomic E-state index is 13.3. The second kappa shape index (κ2) is 7.66. The molecule has 1 N–H and O–H groups in total. The molecule has 30 heavy (non-hydrogen) atoms. The summed E-state index contributed by atoms with van der Waals surface area (Å²) in [6, 6.07) is 19.9. The molecule has 0 unspecified atom stereocenters. The first-order chi connectivity index (χ1) is 14.3. The van der Waals surface area contributed by atoms with Crippen LogP contribution in [0.25, 0.3) is 22.0 Å². The smallest absolute Gasteiger partial charge is 0.263 e. The molecule has 154 valence electrons. The van der Waals surface area contributed by atoms with Crippen LogP contribution in [0.5, 0.6) is 0 Å². The fourth-order valence-corrected chi connectivity index (χ4v) is 4.83. The topological polar surface area (TPSA) is 67.2 Å². The predicted octanol–water partition coefficient (Wildman–Crippen LogP) is 4.76. The molecule has 0 amide bonds. The molecule has 0 aliphatic carbocycles. The molecule has 0 radical (unpaired) electrons. The lowest BCUT2D eigenvalue weighted by molar-refractivity contribution is 0.601. The van der Waals surface area contributed by atoms with Crippen molar-refractivity contribution >= 4 is 43.9 Å². The second-order valence-electron chi connectivity index (χ2n) is 7.17. The molecule has 0 aliphatic rings. The number of sulfonamides is 1. The third kappa shape index (κ3) is 3.74. The minimum absolute atomic E-state index is 0.220. The summed E-state index contributed by atoms with van der Waals surface area (Å²) in [4.78, 5) is 2.18. The van der Waals surface area contributed by atoms with Crippen LogP contribution < -0.4 is 9.62 Å². The number of anilines is 2. The summed E-state index contributed by atoms with van der Waals surface area (Å²) in [5.41, 5.74) is 2.45. The van der Waals surface area contributed by atoms with E-state index in [4.69, 9.17) is 11.6 Å². The Morgan fingerprint density at radius 2 is 1.63 bits per heavy atom. The standard InChI is InChI=1S/C22H21ClN4O2S/c1-26(2)20-8-4-7-18-17(20)6-5-9-21(18)30(28,29)25-22-14-19(24-27(22)3)15-10-12-16(23)13-11-15/h4-14,25H,1-3H3. The molecule has 4 rings (SSSR count). The van der Waals surface area contributed by atoms with Crippen LogP contribution in [-0.2, 0) is 17.1 Å². The molecule has 0 saturated heterocycles. The van der Waals surface area contributed by atoms with Gasteiger partial charge in [0.25, 0.3) is 10.0 Å². The Morgan fingerprint density at radius 3 is 2.33 bits per heavy atom. The Labute approximate surface area is 180 Å². The molecule has 0 spiro atoms. The van der Waals surface area contributed by atoms with E-state index < -0.39 is 10.0 Å². The zero-order valence-electron chi connectivity index (χ0n) is 16.8. The van der Waals surface area contributed by atoms with Crippen molar-refractivity contribution in [2.45, 2.75) is 4.90 Å². The van der Waals surface area contributed by atoms with Gasteiger partial charge in [-0.3, -0.25) is 9.40 Å². The van der Waals surface area contributed by atoms with Crippen molar-refractivity contribution in [3.05, 3.63) is 71.8 Å². The Kier molecular flexibility index (Phi) is 5.17. The van der Waals surface area contributed by atoms with E-state index in [-0.39, 0.29) is 4.90 Å². The molecule has 8 heteroatoms. The lowest BCUT2D eigenvalue weighted by Crippen LogP contribution is -2.16. The number of halogens is 1. The van der Waals surface area contributed by atoms with Gasteiger partial charge in [-0.1, -0.05) is 48.0 Å². The van der Waals surface area contributed by atoms with Crippen molar-refractivity contribution in [1.29, 1.82) is 0 Å². The van der Waals surface area contributed by atoms with E-state index in [1.165, 1.54) is 4.68 Å². The summed E-state index contributed by atoms with van der Waals surface area (Å²) in [5, 5.41) is 6.59. The van der Waals surface area contributed by atoms with Crippen LogP contribution in [0.15, 0.2) is 71.6 Å². The van der Waals surface area contributed by atoms with E-state index in [0.717, 1.165) is 16.6 Å². The molecule has 3 aromatic carbocycles. The number of nitrogens with zero attached hydrogens (tertiary/aromatic N) is 3. The van der Waals surface area contributed by atoms with Gasteiger partial charge in [-0.05, 0) is 24.3 Å². The van der Waals surface area contributed by atoms with E-state index >= 15 is 0 Å². The van der Waals surface area contributed by atoms with E-state index in [2.05, 4.69) is 9.82 Å². The number of aryl methyl sites for hydroxylation is 1. The van der Waals surface area contributed by atoms with Crippen molar-refractivity contribution in [3.63, 3.8) is 0 Å². The molecular formula is C22H21ClN4O2S. The molecular weight excluding hydrogens is 420 g/mol. The van der Waals surface area contributed by atoms with Crippen LogP contribution in [-0.4, -0.2) is 32.3 Å². The maximum atomic E-state index is 13.3. The fraction of sp³-hybridized carbons (Fsp3) is 0.136. The van der Waals surface area contributed by atoms with Crippen molar-refractivity contribution in [3.8, 4) is 11.3 Å². The monoisotopic (exact) mass is 440 g/mol. The van der Waals surface area contributed by atoms with Gasteiger partial charge in [0.2, 0.25) is 0 Å². The number of hydrogen-bond acceptors (Lipinski definition) is 4. The second-order valence-corrected chi connectivity index (χ2v) is 9.26. The third-order valence-corrected chi connectivity index (χ3v) is 6.55. The summed E-state index contributed by atoms with van der Waals surface area (Å²) in [6.07, 6.45) is 0. The Bertz CT molecular complexity index is 1330. The first kappa shape index (κ1) is 20.3. The average molecular weight is 441 g/mol. The summed E-state index contributed by atoms with van der Waals surface area (Å²) < 4.78 is 30.7. The highest BCUT2D eigenvalue weighted by molar-refractivity contribution is 7.93. The molecule has 0 bridgehead atoms. The molecule has 0 aliphatic heterocycles. The van der Waals surface area contributed by atoms with Gasteiger partial charge < -0.3 is 4.90 Å². The first-order valence-corrected chi connectivity index (χ1v) is 11.1. The number of rotatable bonds is 5. The van der Waals surface area contributed by atoms with Crippen LogP contribution in [0.1, 0.15) is 0 Å². The molecule has 1 aromatic heterocycles. The fourth-order valence-electron chi connectivity index (χ4n) is 3.41. The maximum Gasteiger partial charge on any atom is 0.263 e. The van der Waals surface area contributed by atoms with Crippen molar-refractivity contribution in [2.75, 3.05) is 23.7 Å². The van der Waals surface area contributed by atoms with Gasteiger partial charge in [-0.15, -0.1) is 0 Å². The first-order valence-electron chi connectivity index (χ1n) is 9.28. The Balaban J connectivity index is 1.74. The zero-order valence-corrected chi connectivity index (χ0v) is 18.4. The molecule has 0 atom stereocenters. The average Bonchev–Trinajstić information content (AvgIpc) is 3.07. The van der Waals surface area contributed by atoms with E-state index in [1.807, 2.05) is 55.4 Å². The summed E-state index contributed by atoms with van der Waals surface area (Å²) in [7, 11) is 1.73. The van der Waals surface area contributed by atoms with E-state index in [9.17, 15) is 8.42 Å². The van der Waals surface area contributed by atoms with Crippen LogP contribution >= 0.6 is 11.6 Å². The zero-order chi connectivity index (χ0) is 21.5. The molecule has 4 aromatic rings. The normalized spacial score (nSPS) is 11.6. The van der Waals surface area contributed by atoms with Gasteiger partial charge >= 0.3 is 0 Å². The SMILES string of the molecule is CN(C)c1cccc2c(S(=O)(=O)Nc3cc(-c4ccc(Cl)cc4)nn3C)cccc12. The number of fused-ring (bicyclic) bond motifs is 1. The Hall–Kier alpha value is -3.03. The minimum Gasteiger partial charge on any atom is -0.377 e. The van der Waals surface area contributed by atoms with E-state index in [0.29, 0.717) is 21.9 Å². The lowest BCUT2D eigenvalue weighted by Gasteiger charge is -2.17. The summed E-state index contributed by atoms with van der Waals surface area (Å²) in [6.45, 7) is 0. The van der Waals surface area contributed by atoms with Crippen LogP contribution in [0.4, 0.5) is 11.5 Å². The van der Waals surface area contributed by atoms with Crippen molar-refractivity contribution in [2.24, 2.45) is 7.05 Å². The largest absolute Gasteiger partial charge is 0.377 e. The molecule has 1 heterocycles. The van der Waals surface area contributed by atoms with Crippen LogP contribution in [0.3, 0.4) is 0 Å². The number of aromatic nitrogens is 2. The quantitative estimate of drug-likeness (QED) is 0.485. The third-order valence-electron chi connectivity index (χ3n) is 4.89. The molecule has 6 nitrogen and oxygen atoms in total. The van der Waals surface area contributed by atoms with Gasteiger partial charge in [0.05, 0.1) is 10.6 Å². The predicted molar refractivity (Wildman–Crippen MR) is 123 cm³/mol. The lowest BCUT2D eigenvalue weighted by atomic mass is 10.1. The van der Waals surface area contributed by atoms with Crippen molar-refractivity contribution < 1.29 is 8.42 Å². The van der Waals surface area contributed by atoms with Crippen LogP contribution in [0.2, 0.25) is 5.02 Å². The highest BCUT2D eigenvalue weighted by Crippen LogP contribution is 2.31. The molecule has 0 saturated carbocycles. The highest BCUT2D eigenvalue weighted by Gasteiger charge is 2.21. The Morgan fingerprint density at radius 1 is 0.967 bits per heavy atom. The van der Waals surface area contributed by atoms with E-state index in [1.54, 1.807) is 37.4 Å².